The van der Waals surface area contributed by atoms with Crippen molar-refractivity contribution in [2.75, 3.05) is 24.6 Å². The summed E-state index contributed by atoms with van der Waals surface area (Å²) in [6.07, 6.45) is 2.25. The van der Waals surface area contributed by atoms with Crippen LogP contribution in [-0.2, 0) is 0 Å². The van der Waals surface area contributed by atoms with Crippen molar-refractivity contribution in [2.24, 2.45) is 5.92 Å². The van der Waals surface area contributed by atoms with E-state index in [1.54, 1.807) is 0 Å². The molecule has 3 aromatic rings. The number of para-hydroxylation sites is 1. The van der Waals surface area contributed by atoms with Gasteiger partial charge in [0.05, 0.1) is 17.3 Å². The summed E-state index contributed by atoms with van der Waals surface area (Å²) in [5.74, 6) is 2.82. The van der Waals surface area contributed by atoms with Crippen LogP contribution in [0.4, 0.5) is 5.82 Å². The van der Waals surface area contributed by atoms with Crippen LogP contribution in [-0.4, -0.2) is 39.7 Å². The van der Waals surface area contributed by atoms with Crippen molar-refractivity contribution in [2.45, 2.75) is 26.7 Å². The van der Waals surface area contributed by atoms with Crippen LogP contribution in [0.25, 0.3) is 5.82 Å². The third kappa shape index (κ3) is 4.12. The van der Waals surface area contributed by atoms with Gasteiger partial charge in [0, 0.05) is 24.7 Å². The van der Waals surface area contributed by atoms with Gasteiger partial charge in [-0.2, -0.15) is 5.10 Å². The Kier molecular flexibility index (Phi) is 5.48. The van der Waals surface area contributed by atoms with E-state index in [1.165, 1.54) is 0 Å². The zero-order valence-electron chi connectivity index (χ0n) is 16.2. The fraction of sp³-hybridized carbons (Fsp3) is 0.381. The first kappa shape index (κ1) is 18.7. The molecule has 0 N–H and O–H groups in total. The third-order valence-electron chi connectivity index (χ3n) is 5.02. The number of hydrogen-bond acceptors (Lipinski definition) is 5. The lowest BCUT2D eigenvalue weighted by molar-refractivity contribution is 0.228. The van der Waals surface area contributed by atoms with E-state index in [9.17, 15) is 0 Å². The normalized spacial score (nSPS) is 17.0. The summed E-state index contributed by atoms with van der Waals surface area (Å²) in [5, 5.41) is 14.0. The molecule has 146 valence electrons. The topological polar surface area (TPSA) is 56.1 Å². The smallest absolute Gasteiger partial charge is 0.176 e. The maximum absolute atomic E-state index is 6.18. The summed E-state index contributed by atoms with van der Waals surface area (Å²) in [5.41, 5.74) is 2.02. The maximum Gasteiger partial charge on any atom is 0.176 e. The van der Waals surface area contributed by atoms with E-state index in [-0.39, 0.29) is 0 Å². The first-order valence-corrected chi connectivity index (χ1v) is 9.97. The van der Waals surface area contributed by atoms with Gasteiger partial charge < -0.3 is 9.64 Å². The second kappa shape index (κ2) is 8.19. The SMILES string of the molecule is Cc1cc(C)n(-c2ccc(N3CCCC(COc4ccccc4Cl)C3)nn2)n1. The monoisotopic (exact) mass is 397 g/mol. The van der Waals surface area contributed by atoms with Crippen molar-refractivity contribution >= 4 is 17.4 Å². The lowest BCUT2D eigenvalue weighted by atomic mass is 9.99. The van der Waals surface area contributed by atoms with Gasteiger partial charge in [-0.1, -0.05) is 23.7 Å². The Balaban J connectivity index is 1.40. The first-order valence-electron chi connectivity index (χ1n) is 9.60. The largest absolute Gasteiger partial charge is 0.492 e. The highest BCUT2D eigenvalue weighted by atomic mass is 35.5. The molecule has 0 bridgehead atoms. The molecule has 0 spiro atoms. The summed E-state index contributed by atoms with van der Waals surface area (Å²) in [7, 11) is 0. The number of rotatable bonds is 5. The minimum absolute atomic E-state index is 0.433. The highest BCUT2D eigenvalue weighted by Crippen LogP contribution is 2.26. The predicted molar refractivity (Wildman–Crippen MR) is 111 cm³/mol. The molecule has 6 nitrogen and oxygen atoms in total. The molecule has 1 aliphatic rings. The maximum atomic E-state index is 6.18. The molecule has 1 aliphatic heterocycles. The van der Waals surface area contributed by atoms with Crippen molar-refractivity contribution in [3.05, 3.63) is 58.9 Å². The van der Waals surface area contributed by atoms with Crippen LogP contribution in [0, 0.1) is 19.8 Å². The molecule has 1 unspecified atom stereocenters. The van der Waals surface area contributed by atoms with Crippen molar-refractivity contribution in [1.29, 1.82) is 0 Å². The zero-order valence-corrected chi connectivity index (χ0v) is 16.9. The number of aryl methyl sites for hydroxylation is 2. The van der Waals surface area contributed by atoms with E-state index in [2.05, 4.69) is 20.2 Å². The van der Waals surface area contributed by atoms with Gasteiger partial charge >= 0.3 is 0 Å². The van der Waals surface area contributed by atoms with Gasteiger partial charge in [0.25, 0.3) is 0 Å². The van der Waals surface area contributed by atoms with Crippen molar-refractivity contribution in [3.8, 4) is 11.6 Å². The molecule has 0 amide bonds. The van der Waals surface area contributed by atoms with Gasteiger partial charge in [-0.25, -0.2) is 4.68 Å². The molecule has 1 fully saturated rings. The molecular formula is C21H24ClN5O. The van der Waals surface area contributed by atoms with Crippen LogP contribution in [0.1, 0.15) is 24.2 Å². The molecule has 0 aliphatic carbocycles. The number of ether oxygens (including phenoxy) is 1. The van der Waals surface area contributed by atoms with E-state index in [0.29, 0.717) is 17.5 Å². The number of hydrogen-bond donors (Lipinski definition) is 0. The number of halogens is 1. The van der Waals surface area contributed by atoms with Crippen molar-refractivity contribution in [3.63, 3.8) is 0 Å². The molecule has 1 saturated heterocycles. The Morgan fingerprint density at radius 1 is 1.11 bits per heavy atom. The number of benzene rings is 1. The zero-order chi connectivity index (χ0) is 19.5. The van der Waals surface area contributed by atoms with Crippen LogP contribution >= 0.6 is 11.6 Å². The number of nitrogens with zero attached hydrogens (tertiary/aromatic N) is 5. The molecule has 7 heteroatoms. The summed E-state index contributed by atoms with van der Waals surface area (Å²) in [4.78, 5) is 2.28. The average molecular weight is 398 g/mol. The summed E-state index contributed by atoms with van der Waals surface area (Å²) < 4.78 is 7.77. The Morgan fingerprint density at radius 3 is 2.61 bits per heavy atom. The van der Waals surface area contributed by atoms with Crippen LogP contribution in [0.5, 0.6) is 5.75 Å². The Morgan fingerprint density at radius 2 is 1.89 bits per heavy atom. The van der Waals surface area contributed by atoms with E-state index in [1.807, 2.05) is 61.0 Å². The van der Waals surface area contributed by atoms with Crippen molar-refractivity contribution < 1.29 is 4.74 Å². The fourth-order valence-electron chi connectivity index (χ4n) is 3.64. The molecule has 2 aromatic heterocycles. The van der Waals surface area contributed by atoms with Crippen LogP contribution in [0.15, 0.2) is 42.5 Å². The van der Waals surface area contributed by atoms with Gasteiger partial charge in [0.2, 0.25) is 0 Å². The lowest BCUT2D eigenvalue weighted by Crippen LogP contribution is -2.38. The van der Waals surface area contributed by atoms with Gasteiger partial charge in [-0.15, -0.1) is 10.2 Å². The first-order chi connectivity index (χ1) is 13.6. The van der Waals surface area contributed by atoms with Gasteiger partial charge in [0.15, 0.2) is 11.6 Å². The molecule has 1 atom stereocenters. The average Bonchev–Trinajstić information content (AvgIpc) is 3.06. The minimum atomic E-state index is 0.433. The fourth-order valence-corrected chi connectivity index (χ4v) is 3.83. The molecule has 0 saturated carbocycles. The lowest BCUT2D eigenvalue weighted by Gasteiger charge is -2.33. The molecule has 1 aromatic carbocycles. The molecule has 0 radical (unpaired) electrons. The van der Waals surface area contributed by atoms with E-state index in [4.69, 9.17) is 16.3 Å². The van der Waals surface area contributed by atoms with E-state index in [0.717, 1.165) is 54.7 Å². The number of aromatic nitrogens is 4. The highest BCUT2D eigenvalue weighted by Gasteiger charge is 2.22. The quantitative estimate of drug-likeness (QED) is 0.644. The predicted octanol–water partition coefficient (Wildman–Crippen LogP) is 4.23. The van der Waals surface area contributed by atoms with Gasteiger partial charge in [-0.05, 0) is 57.0 Å². The second-order valence-electron chi connectivity index (χ2n) is 7.28. The van der Waals surface area contributed by atoms with E-state index < -0.39 is 0 Å². The molecule has 4 rings (SSSR count). The Hall–Kier alpha value is -2.60. The highest BCUT2D eigenvalue weighted by molar-refractivity contribution is 6.32. The number of anilines is 1. The molecule has 3 heterocycles. The van der Waals surface area contributed by atoms with Gasteiger partial charge in [-0.3, -0.25) is 0 Å². The second-order valence-corrected chi connectivity index (χ2v) is 7.69. The molecule has 28 heavy (non-hydrogen) atoms. The van der Waals surface area contributed by atoms with Crippen LogP contribution < -0.4 is 9.64 Å². The van der Waals surface area contributed by atoms with Crippen LogP contribution in [0.2, 0.25) is 5.02 Å². The van der Waals surface area contributed by atoms with E-state index >= 15 is 0 Å². The standard InChI is InChI=1S/C21H24ClN5O/c1-15-12-16(2)27(25-15)21-10-9-20(23-24-21)26-11-5-6-17(13-26)14-28-19-8-4-3-7-18(19)22/h3-4,7-10,12,17H,5-6,11,13-14H2,1-2H3. The van der Waals surface area contributed by atoms with Gasteiger partial charge in [0.1, 0.15) is 5.75 Å². The summed E-state index contributed by atoms with van der Waals surface area (Å²) in [6.45, 7) is 6.53. The Labute approximate surface area is 170 Å². The Bertz CT molecular complexity index is 940. The molecular weight excluding hydrogens is 374 g/mol. The summed E-state index contributed by atoms with van der Waals surface area (Å²) >= 11 is 6.18. The van der Waals surface area contributed by atoms with Crippen LogP contribution in [0.3, 0.4) is 0 Å². The third-order valence-corrected chi connectivity index (χ3v) is 5.33. The number of piperidine rings is 1. The summed E-state index contributed by atoms with van der Waals surface area (Å²) in [6, 6.07) is 13.6. The minimum Gasteiger partial charge on any atom is -0.492 e. The van der Waals surface area contributed by atoms with Crippen molar-refractivity contribution in [1.82, 2.24) is 20.0 Å².